The van der Waals surface area contributed by atoms with Crippen LogP contribution in [0.1, 0.15) is 31.4 Å². The van der Waals surface area contributed by atoms with E-state index >= 15 is 0 Å². The van der Waals surface area contributed by atoms with Gasteiger partial charge in [0.05, 0.1) is 0 Å². The minimum absolute atomic E-state index is 0.588. The monoisotopic (exact) mass is 249 g/mol. The highest BCUT2D eigenvalue weighted by Crippen LogP contribution is 2.17. The van der Waals surface area contributed by atoms with E-state index in [4.69, 9.17) is 12.2 Å². The number of rotatable bonds is 4. The second-order valence-electron chi connectivity index (χ2n) is 4.45. The molecule has 0 amide bonds. The summed E-state index contributed by atoms with van der Waals surface area (Å²) in [7, 11) is 0. The van der Waals surface area contributed by atoms with E-state index in [0.717, 1.165) is 23.8 Å². The van der Waals surface area contributed by atoms with E-state index in [2.05, 4.69) is 15.6 Å². The molecule has 0 spiro atoms. The van der Waals surface area contributed by atoms with E-state index < -0.39 is 0 Å². The summed E-state index contributed by atoms with van der Waals surface area (Å²) in [6.07, 6.45) is 7.89. The fourth-order valence-corrected chi connectivity index (χ4v) is 2.43. The Hall–Kier alpha value is -1.16. The molecule has 0 aromatic carbocycles. The lowest BCUT2D eigenvalue weighted by atomic mass is 10.2. The molecule has 1 aromatic rings. The maximum atomic E-state index is 5.26. The number of hydrogen-bond donors (Lipinski definition) is 2. The number of nitrogens with one attached hydrogen (secondary N) is 2. The summed E-state index contributed by atoms with van der Waals surface area (Å²) in [5, 5.41) is 7.39. The van der Waals surface area contributed by atoms with Crippen molar-refractivity contribution in [3.8, 4) is 0 Å². The number of hydrogen-bond acceptors (Lipinski definition) is 2. The predicted octanol–water partition coefficient (Wildman–Crippen LogP) is 2.03. The van der Waals surface area contributed by atoms with Crippen LogP contribution in [0.5, 0.6) is 0 Å². The summed E-state index contributed by atoms with van der Waals surface area (Å²) in [4.78, 5) is 4.28. The van der Waals surface area contributed by atoms with Gasteiger partial charge in [-0.15, -0.1) is 0 Å². The first-order valence-electron chi connectivity index (χ1n) is 6.29. The summed E-state index contributed by atoms with van der Waals surface area (Å²) < 4.78 is 0. The molecule has 17 heavy (non-hydrogen) atoms. The van der Waals surface area contributed by atoms with Crippen LogP contribution in [-0.4, -0.2) is 22.7 Å². The van der Waals surface area contributed by atoms with Crippen molar-refractivity contribution in [2.24, 2.45) is 0 Å². The van der Waals surface area contributed by atoms with E-state index in [1.807, 2.05) is 24.4 Å². The number of thiocarbonyl (C=S) groups is 1. The molecule has 0 unspecified atom stereocenters. The van der Waals surface area contributed by atoms with Gasteiger partial charge >= 0.3 is 0 Å². The highest BCUT2D eigenvalue weighted by atomic mass is 32.1. The molecule has 1 fully saturated rings. The highest BCUT2D eigenvalue weighted by molar-refractivity contribution is 7.80. The quantitative estimate of drug-likeness (QED) is 0.801. The van der Waals surface area contributed by atoms with Crippen LogP contribution in [-0.2, 0) is 6.42 Å². The third-order valence-corrected chi connectivity index (χ3v) is 3.35. The van der Waals surface area contributed by atoms with Gasteiger partial charge in [-0.2, -0.15) is 0 Å². The van der Waals surface area contributed by atoms with Crippen LogP contribution in [0.2, 0.25) is 0 Å². The second kappa shape index (κ2) is 6.55. The lowest BCUT2D eigenvalue weighted by molar-refractivity contribution is 0.621. The molecule has 0 bridgehead atoms. The molecule has 2 N–H and O–H groups in total. The van der Waals surface area contributed by atoms with Gasteiger partial charge in [-0.1, -0.05) is 18.9 Å². The summed E-state index contributed by atoms with van der Waals surface area (Å²) >= 11 is 5.26. The van der Waals surface area contributed by atoms with Crippen LogP contribution < -0.4 is 10.6 Å². The van der Waals surface area contributed by atoms with Gasteiger partial charge in [0, 0.05) is 30.9 Å². The number of aromatic nitrogens is 1. The molecular weight excluding hydrogens is 230 g/mol. The molecule has 0 saturated heterocycles. The van der Waals surface area contributed by atoms with Crippen LogP contribution in [0.3, 0.4) is 0 Å². The van der Waals surface area contributed by atoms with E-state index in [1.54, 1.807) is 0 Å². The third-order valence-electron chi connectivity index (χ3n) is 3.08. The number of pyridine rings is 1. The first kappa shape index (κ1) is 12.3. The van der Waals surface area contributed by atoms with E-state index in [0.29, 0.717) is 6.04 Å². The van der Waals surface area contributed by atoms with Crippen molar-refractivity contribution in [1.29, 1.82) is 0 Å². The normalized spacial score (nSPS) is 15.8. The maximum Gasteiger partial charge on any atom is 0.166 e. The molecule has 1 saturated carbocycles. The standard InChI is InChI=1S/C13H19N3S/c17-13(16-12-6-1-2-7-12)15-10-8-11-5-3-4-9-14-11/h3-5,9,12H,1-2,6-8,10H2,(H2,15,16,17). The van der Waals surface area contributed by atoms with Crippen LogP contribution >= 0.6 is 12.2 Å². The van der Waals surface area contributed by atoms with E-state index in [-0.39, 0.29) is 0 Å². The van der Waals surface area contributed by atoms with E-state index in [9.17, 15) is 0 Å². The molecule has 0 atom stereocenters. The summed E-state index contributed by atoms with van der Waals surface area (Å²) in [5.74, 6) is 0. The molecule has 3 nitrogen and oxygen atoms in total. The zero-order valence-electron chi connectivity index (χ0n) is 9.98. The van der Waals surface area contributed by atoms with Gasteiger partial charge in [0.15, 0.2) is 5.11 Å². The van der Waals surface area contributed by atoms with E-state index in [1.165, 1.54) is 25.7 Å². The SMILES string of the molecule is S=C(NCCc1ccccn1)NC1CCCC1. The van der Waals surface area contributed by atoms with Crippen molar-refractivity contribution >= 4 is 17.3 Å². The average Bonchev–Trinajstić information content (AvgIpc) is 2.83. The fourth-order valence-electron chi connectivity index (χ4n) is 2.16. The van der Waals surface area contributed by atoms with Gasteiger partial charge in [0.25, 0.3) is 0 Å². The zero-order chi connectivity index (χ0) is 11.9. The van der Waals surface area contributed by atoms with Crippen LogP contribution in [0, 0.1) is 0 Å². The highest BCUT2D eigenvalue weighted by Gasteiger charge is 2.14. The van der Waals surface area contributed by atoms with Gasteiger partial charge in [-0.25, -0.2) is 0 Å². The van der Waals surface area contributed by atoms with Crippen molar-refractivity contribution in [1.82, 2.24) is 15.6 Å². The lowest BCUT2D eigenvalue weighted by Gasteiger charge is -2.15. The Morgan fingerprint density at radius 3 is 2.88 bits per heavy atom. The molecule has 92 valence electrons. The van der Waals surface area contributed by atoms with Crippen LogP contribution in [0.4, 0.5) is 0 Å². The first-order chi connectivity index (χ1) is 8.34. The van der Waals surface area contributed by atoms with Gasteiger partial charge < -0.3 is 10.6 Å². The Labute approximate surface area is 108 Å². The predicted molar refractivity (Wildman–Crippen MR) is 73.9 cm³/mol. The molecule has 1 aromatic heterocycles. The van der Waals surface area contributed by atoms with Crippen molar-refractivity contribution in [3.63, 3.8) is 0 Å². The minimum atomic E-state index is 0.588. The molecule has 1 heterocycles. The van der Waals surface area contributed by atoms with Gasteiger partial charge in [0.2, 0.25) is 0 Å². The molecule has 4 heteroatoms. The molecule has 2 rings (SSSR count). The Morgan fingerprint density at radius 2 is 2.18 bits per heavy atom. The van der Waals surface area contributed by atoms with Crippen molar-refractivity contribution in [2.75, 3.05) is 6.54 Å². The summed E-state index contributed by atoms with van der Waals surface area (Å²) in [5.41, 5.74) is 1.10. The second-order valence-corrected chi connectivity index (χ2v) is 4.86. The van der Waals surface area contributed by atoms with Crippen molar-refractivity contribution in [2.45, 2.75) is 38.1 Å². The van der Waals surface area contributed by atoms with Crippen molar-refractivity contribution in [3.05, 3.63) is 30.1 Å². The minimum Gasteiger partial charge on any atom is -0.362 e. The van der Waals surface area contributed by atoms with Crippen molar-refractivity contribution < 1.29 is 0 Å². The molecular formula is C13H19N3S. The lowest BCUT2D eigenvalue weighted by Crippen LogP contribution is -2.41. The van der Waals surface area contributed by atoms with Gasteiger partial charge in [0.1, 0.15) is 0 Å². The Kier molecular flexibility index (Phi) is 4.74. The largest absolute Gasteiger partial charge is 0.362 e. The Balaban J connectivity index is 1.63. The average molecular weight is 249 g/mol. The smallest absolute Gasteiger partial charge is 0.166 e. The number of nitrogens with zero attached hydrogens (tertiary/aromatic N) is 1. The molecule has 1 aliphatic rings. The topological polar surface area (TPSA) is 37.0 Å². The van der Waals surface area contributed by atoms with Gasteiger partial charge in [-0.05, 0) is 37.2 Å². The third kappa shape index (κ3) is 4.30. The molecule has 0 aliphatic heterocycles. The first-order valence-corrected chi connectivity index (χ1v) is 6.70. The summed E-state index contributed by atoms with van der Waals surface area (Å²) in [6, 6.07) is 6.57. The van der Waals surface area contributed by atoms with Crippen LogP contribution in [0.25, 0.3) is 0 Å². The Bertz CT molecular complexity index is 347. The Morgan fingerprint density at radius 1 is 1.35 bits per heavy atom. The maximum absolute atomic E-state index is 5.26. The fraction of sp³-hybridized carbons (Fsp3) is 0.538. The van der Waals surface area contributed by atoms with Crippen LogP contribution in [0.15, 0.2) is 24.4 Å². The molecule has 0 radical (unpaired) electrons. The van der Waals surface area contributed by atoms with Gasteiger partial charge in [-0.3, -0.25) is 4.98 Å². The zero-order valence-corrected chi connectivity index (χ0v) is 10.8. The summed E-state index contributed by atoms with van der Waals surface area (Å²) in [6.45, 7) is 0.843. The molecule has 1 aliphatic carbocycles.